The Bertz CT molecular complexity index is 1390. The second-order valence-electron chi connectivity index (χ2n) is 12.1. The summed E-state index contributed by atoms with van der Waals surface area (Å²) in [4.78, 5) is 36.6. The van der Waals surface area contributed by atoms with E-state index in [0.717, 1.165) is 42.8 Å². The maximum absolute atomic E-state index is 13.8. The number of amides is 1. The van der Waals surface area contributed by atoms with Crippen molar-refractivity contribution in [1.29, 1.82) is 0 Å². The molecule has 1 atom stereocenters. The van der Waals surface area contributed by atoms with E-state index < -0.39 is 0 Å². The van der Waals surface area contributed by atoms with Gasteiger partial charge in [-0.3, -0.25) is 19.2 Å². The van der Waals surface area contributed by atoms with Gasteiger partial charge in [-0.2, -0.15) is 5.10 Å². The number of aromatic amines is 1. The van der Waals surface area contributed by atoms with E-state index in [1.54, 1.807) is 0 Å². The van der Waals surface area contributed by atoms with Gasteiger partial charge in [-0.1, -0.05) is 6.92 Å². The van der Waals surface area contributed by atoms with Gasteiger partial charge in [-0.25, -0.2) is 0 Å². The molecule has 3 aromatic heterocycles. The van der Waals surface area contributed by atoms with Gasteiger partial charge in [0.05, 0.1) is 18.2 Å². The molecule has 0 aromatic carbocycles. The fourth-order valence-electron chi connectivity index (χ4n) is 7.22. The van der Waals surface area contributed by atoms with Gasteiger partial charge < -0.3 is 9.88 Å². The summed E-state index contributed by atoms with van der Waals surface area (Å²) in [6.07, 6.45) is 10.9. The lowest BCUT2D eigenvalue weighted by atomic mass is 9.76. The van der Waals surface area contributed by atoms with Crippen LogP contribution in [0.2, 0.25) is 0 Å². The number of carbonyl (C=O) groups excluding carboxylic acids is 1. The minimum atomic E-state index is -0.0770. The molecule has 3 aliphatic rings. The van der Waals surface area contributed by atoms with Crippen LogP contribution < -0.4 is 5.56 Å². The minimum Gasteiger partial charge on any atom is -0.334 e. The summed E-state index contributed by atoms with van der Waals surface area (Å²) in [7, 11) is 0. The monoisotopic (exact) mass is 547 g/mol. The number of aryl methyl sites for hydroxylation is 3. The highest BCUT2D eigenvalue weighted by molar-refractivity contribution is 7.12. The molecule has 0 bridgehead atoms. The molecule has 3 aromatic rings. The van der Waals surface area contributed by atoms with Crippen molar-refractivity contribution < 1.29 is 4.79 Å². The number of hydrogen-bond donors (Lipinski definition) is 1. The van der Waals surface area contributed by atoms with Crippen molar-refractivity contribution >= 4 is 17.2 Å². The van der Waals surface area contributed by atoms with Crippen molar-refractivity contribution in [2.45, 2.75) is 90.8 Å². The highest BCUT2D eigenvalue weighted by atomic mass is 32.1. The summed E-state index contributed by atoms with van der Waals surface area (Å²) in [5, 5.41) is 4.42. The van der Waals surface area contributed by atoms with Gasteiger partial charge >= 0.3 is 0 Å². The van der Waals surface area contributed by atoms with Gasteiger partial charge in [-0.05, 0) is 94.4 Å². The number of hydrogen-bond acceptors (Lipinski definition) is 5. The maximum atomic E-state index is 13.8. The molecule has 1 saturated carbocycles. The molecule has 39 heavy (non-hydrogen) atoms. The number of rotatable bonds is 6. The smallest absolute Gasteiger partial charge is 0.255 e. The van der Waals surface area contributed by atoms with Crippen molar-refractivity contribution in [3.63, 3.8) is 0 Å². The zero-order valence-electron chi connectivity index (χ0n) is 23.7. The van der Waals surface area contributed by atoms with Crippen LogP contribution in [0.3, 0.4) is 0 Å². The Balaban J connectivity index is 1.12. The van der Waals surface area contributed by atoms with Crippen LogP contribution in [-0.4, -0.2) is 56.1 Å². The van der Waals surface area contributed by atoms with Crippen molar-refractivity contribution in [2.24, 2.45) is 5.92 Å². The summed E-state index contributed by atoms with van der Waals surface area (Å²) in [5.74, 6) is 1.24. The van der Waals surface area contributed by atoms with Gasteiger partial charge in [0.2, 0.25) is 0 Å². The number of likely N-dealkylation sites (tertiary alicyclic amines) is 1. The van der Waals surface area contributed by atoms with Crippen LogP contribution in [0, 0.1) is 26.7 Å². The first kappa shape index (κ1) is 26.5. The number of thiophene rings is 1. The van der Waals surface area contributed by atoms with E-state index in [-0.39, 0.29) is 11.5 Å². The Morgan fingerprint density at radius 2 is 1.87 bits per heavy atom. The molecule has 0 spiro atoms. The molecule has 0 radical (unpaired) electrons. The number of nitrogens with one attached hydrogen (secondary N) is 1. The molecule has 0 unspecified atom stereocenters. The summed E-state index contributed by atoms with van der Waals surface area (Å²) in [6, 6.07) is 5.24. The lowest BCUT2D eigenvalue weighted by molar-refractivity contribution is 0.0270. The predicted octanol–water partition coefficient (Wildman–Crippen LogP) is 5.37. The number of pyridine rings is 1. The molecule has 6 rings (SSSR count). The van der Waals surface area contributed by atoms with Crippen LogP contribution >= 0.6 is 11.3 Å². The maximum Gasteiger partial charge on any atom is 0.255 e. The quantitative estimate of drug-likeness (QED) is 0.451. The fourth-order valence-corrected chi connectivity index (χ4v) is 8.71. The van der Waals surface area contributed by atoms with Crippen molar-refractivity contribution in [2.75, 3.05) is 19.6 Å². The SMILES string of the molecule is Cc1cc(C)c(CN2CCCc3sc([C@H](C)[C@H]4CC[C@H](N5CC(n6cccn6)C5)CC4)c(C)c3C2=O)c(=O)[nH]1. The Morgan fingerprint density at radius 3 is 2.56 bits per heavy atom. The number of H-pyrrole nitrogens is 1. The first-order valence-electron chi connectivity index (χ1n) is 14.6. The number of carbonyl (C=O) groups is 1. The van der Waals surface area contributed by atoms with Gasteiger partial charge in [0.25, 0.3) is 11.5 Å². The molecule has 1 aliphatic carbocycles. The third kappa shape index (κ3) is 5.02. The molecule has 1 N–H and O–H groups in total. The highest BCUT2D eigenvalue weighted by Crippen LogP contribution is 2.44. The topological polar surface area (TPSA) is 74.2 Å². The fraction of sp³-hybridized carbons (Fsp3) is 0.581. The molecule has 1 saturated heterocycles. The van der Waals surface area contributed by atoms with E-state index in [0.29, 0.717) is 42.6 Å². The lowest BCUT2D eigenvalue weighted by Gasteiger charge is -2.47. The van der Waals surface area contributed by atoms with Gasteiger partial charge in [-0.15, -0.1) is 11.3 Å². The molecule has 7 nitrogen and oxygen atoms in total. The molecule has 8 heteroatoms. The summed E-state index contributed by atoms with van der Waals surface area (Å²) < 4.78 is 2.11. The Morgan fingerprint density at radius 1 is 1.10 bits per heavy atom. The van der Waals surface area contributed by atoms with Crippen LogP contribution in [0.15, 0.2) is 29.3 Å². The number of aromatic nitrogens is 3. The molecule has 2 aliphatic heterocycles. The first-order chi connectivity index (χ1) is 18.8. The Kier molecular flexibility index (Phi) is 7.27. The van der Waals surface area contributed by atoms with Gasteiger partial charge in [0.15, 0.2) is 0 Å². The van der Waals surface area contributed by atoms with Crippen LogP contribution in [0.4, 0.5) is 0 Å². The number of nitrogens with zero attached hydrogens (tertiary/aromatic N) is 4. The van der Waals surface area contributed by atoms with Crippen LogP contribution in [0.5, 0.6) is 0 Å². The molecule has 208 valence electrons. The van der Waals surface area contributed by atoms with Crippen LogP contribution in [0.1, 0.15) is 93.5 Å². The van der Waals surface area contributed by atoms with Crippen molar-refractivity contribution in [3.8, 4) is 0 Å². The van der Waals surface area contributed by atoms with E-state index in [1.165, 1.54) is 41.0 Å². The Hall–Kier alpha value is -2.71. The van der Waals surface area contributed by atoms with Crippen molar-refractivity contribution in [1.82, 2.24) is 24.6 Å². The summed E-state index contributed by atoms with van der Waals surface area (Å²) in [6.45, 7) is 11.7. The normalized spacial score (nSPS) is 23.4. The third-order valence-corrected chi connectivity index (χ3v) is 11.2. The van der Waals surface area contributed by atoms with Gasteiger partial charge in [0, 0.05) is 59.1 Å². The highest BCUT2D eigenvalue weighted by Gasteiger charge is 2.38. The zero-order valence-corrected chi connectivity index (χ0v) is 24.5. The lowest BCUT2D eigenvalue weighted by Crippen LogP contribution is -2.53. The van der Waals surface area contributed by atoms with E-state index >= 15 is 0 Å². The van der Waals surface area contributed by atoms with Gasteiger partial charge in [0.1, 0.15) is 0 Å². The minimum absolute atomic E-state index is 0.0770. The Labute approximate surface area is 235 Å². The molecular weight excluding hydrogens is 506 g/mol. The summed E-state index contributed by atoms with van der Waals surface area (Å²) in [5.41, 5.74) is 4.53. The van der Waals surface area contributed by atoms with E-state index in [9.17, 15) is 9.59 Å². The molecule has 2 fully saturated rings. The van der Waals surface area contributed by atoms with E-state index in [2.05, 4.69) is 39.7 Å². The van der Waals surface area contributed by atoms with Crippen LogP contribution in [-0.2, 0) is 13.0 Å². The average Bonchev–Trinajstić information content (AvgIpc) is 3.48. The largest absolute Gasteiger partial charge is 0.334 e. The number of fused-ring (bicyclic) bond motifs is 1. The second kappa shape index (κ2) is 10.7. The van der Waals surface area contributed by atoms with E-state index in [4.69, 9.17) is 0 Å². The first-order valence-corrected chi connectivity index (χ1v) is 15.5. The standard InChI is InChI=1S/C31H41N5O2S/c1-19-15-20(2)33-30(37)26(19)18-34-13-5-7-27-28(31(34)38)22(4)29(39-27)21(3)23-8-10-24(11-9-23)35-16-25(17-35)36-14-6-12-32-36/h6,12,14-15,21,23-25H,5,7-11,13,16-18H2,1-4H3,(H,33,37)/t21-,23-,24-/m1/s1. The molecule has 5 heterocycles. The molecule has 1 amide bonds. The van der Waals surface area contributed by atoms with Crippen molar-refractivity contribution in [3.05, 3.63) is 72.6 Å². The third-order valence-electron chi connectivity index (χ3n) is 9.60. The average molecular weight is 548 g/mol. The van der Waals surface area contributed by atoms with E-state index in [1.807, 2.05) is 48.4 Å². The molecular formula is C31H41N5O2S. The zero-order chi connectivity index (χ0) is 27.3. The predicted molar refractivity (Wildman–Crippen MR) is 156 cm³/mol. The summed E-state index contributed by atoms with van der Waals surface area (Å²) >= 11 is 1.88. The van der Waals surface area contributed by atoms with Crippen LogP contribution in [0.25, 0.3) is 0 Å². The second-order valence-corrected chi connectivity index (χ2v) is 13.3.